The quantitative estimate of drug-likeness (QED) is 0.493. The molecule has 0 saturated carbocycles. The number of ether oxygens (including phenoxy) is 1. The summed E-state index contributed by atoms with van der Waals surface area (Å²) in [5, 5.41) is 5.99. The highest BCUT2D eigenvalue weighted by molar-refractivity contribution is 6.32. The molecule has 12 heteroatoms. The Morgan fingerprint density at radius 2 is 1.66 bits per heavy atom. The van der Waals surface area contributed by atoms with Crippen LogP contribution in [0.3, 0.4) is 0 Å². The smallest absolute Gasteiger partial charge is 0.435 e. The maximum absolute atomic E-state index is 13.1. The SMILES string of the molecule is O=C(COc1cc(C(F)(F)F)nn1-c1ccccc1Cl)NCc1ccc(C(F)(F)F)cc1. The lowest BCUT2D eigenvalue weighted by Crippen LogP contribution is -2.28. The normalized spacial score (nSPS) is 12.0. The number of rotatable bonds is 6. The van der Waals surface area contributed by atoms with Crippen LogP contribution in [-0.2, 0) is 23.7 Å². The van der Waals surface area contributed by atoms with Crippen molar-refractivity contribution in [2.24, 2.45) is 0 Å². The van der Waals surface area contributed by atoms with E-state index in [1.807, 2.05) is 0 Å². The molecule has 0 radical (unpaired) electrons. The summed E-state index contributed by atoms with van der Waals surface area (Å²) in [7, 11) is 0. The lowest BCUT2D eigenvalue weighted by atomic mass is 10.1. The molecule has 1 aromatic heterocycles. The lowest BCUT2D eigenvalue weighted by molar-refractivity contribution is -0.141. The van der Waals surface area contributed by atoms with E-state index in [0.29, 0.717) is 11.6 Å². The number of carbonyl (C=O) groups is 1. The molecule has 0 aliphatic carbocycles. The zero-order valence-corrected chi connectivity index (χ0v) is 16.7. The number of para-hydroxylation sites is 1. The molecule has 0 spiro atoms. The average molecular weight is 478 g/mol. The highest BCUT2D eigenvalue weighted by Gasteiger charge is 2.36. The second kappa shape index (κ2) is 9.11. The Kier molecular flexibility index (Phi) is 6.68. The van der Waals surface area contributed by atoms with Crippen LogP contribution in [-0.4, -0.2) is 22.3 Å². The second-order valence-corrected chi connectivity index (χ2v) is 6.90. The summed E-state index contributed by atoms with van der Waals surface area (Å²) in [4.78, 5) is 12.0. The number of nitrogens with one attached hydrogen (secondary N) is 1. The van der Waals surface area contributed by atoms with Gasteiger partial charge in [0.1, 0.15) is 0 Å². The maximum atomic E-state index is 13.1. The minimum Gasteiger partial charge on any atom is -0.467 e. The van der Waals surface area contributed by atoms with Crippen LogP contribution in [0.25, 0.3) is 5.69 Å². The predicted molar refractivity (Wildman–Crippen MR) is 102 cm³/mol. The fourth-order valence-electron chi connectivity index (χ4n) is 2.60. The summed E-state index contributed by atoms with van der Waals surface area (Å²) in [6.07, 6.45) is -9.23. The van der Waals surface area contributed by atoms with Gasteiger partial charge in [0.2, 0.25) is 5.88 Å². The number of hydrogen-bond donors (Lipinski definition) is 1. The molecule has 3 rings (SSSR count). The van der Waals surface area contributed by atoms with E-state index in [2.05, 4.69) is 10.4 Å². The third kappa shape index (κ3) is 5.72. The van der Waals surface area contributed by atoms with E-state index in [9.17, 15) is 31.1 Å². The lowest BCUT2D eigenvalue weighted by Gasteiger charge is -2.11. The van der Waals surface area contributed by atoms with Crippen molar-refractivity contribution in [2.75, 3.05) is 6.61 Å². The van der Waals surface area contributed by atoms with Crippen LogP contribution in [0, 0.1) is 0 Å². The molecule has 0 bridgehead atoms. The van der Waals surface area contributed by atoms with Crippen LogP contribution in [0.15, 0.2) is 54.6 Å². The zero-order valence-electron chi connectivity index (χ0n) is 16.0. The van der Waals surface area contributed by atoms with Crippen molar-refractivity contribution in [2.45, 2.75) is 18.9 Å². The van der Waals surface area contributed by atoms with E-state index in [1.54, 1.807) is 6.07 Å². The molecule has 0 saturated heterocycles. The van der Waals surface area contributed by atoms with Crippen molar-refractivity contribution >= 4 is 17.5 Å². The fraction of sp³-hybridized carbons (Fsp3) is 0.200. The van der Waals surface area contributed by atoms with Gasteiger partial charge in [-0.2, -0.15) is 36.1 Å². The summed E-state index contributed by atoms with van der Waals surface area (Å²) in [6, 6.07) is 10.8. The Balaban J connectivity index is 1.67. The molecule has 1 N–H and O–H groups in total. The molecular weight excluding hydrogens is 464 g/mol. The first kappa shape index (κ1) is 23.5. The molecule has 0 unspecified atom stereocenters. The van der Waals surface area contributed by atoms with Crippen LogP contribution < -0.4 is 10.1 Å². The Bertz CT molecular complexity index is 1090. The van der Waals surface area contributed by atoms with Gasteiger partial charge in [-0.05, 0) is 29.8 Å². The van der Waals surface area contributed by atoms with E-state index in [1.165, 1.54) is 30.3 Å². The van der Waals surface area contributed by atoms with Gasteiger partial charge in [0.25, 0.3) is 5.91 Å². The average Bonchev–Trinajstić information content (AvgIpc) is 3.15. The largest absolute Gasteiger partial charge is 0.467 e. The summed E-state index contributed by atoms with van der Waals surface area (Å²) < 4.78 is 83.1. The molecule has 0 aliphatic rings. The van der Waals surface area contributed by atoms with Crippen LogP contribution in [0.1, 0.15) is 16.8 Å². The summed E-state index contributed by atoms with van der Waals surface area (Å²) in [5.74, 6) is -1.07. The minimum absolute atomic E-state index is 0.0993. The standard InChI is InChI=1S/C20H14ClF6N3O2/c21-14-3-1-2-4-15(14)30-18(9-16(29-30)20(25,26)27)32-11-17(31)28-10-12-5-7-13(8-6-12)19(22,23)24/h1-9H,10-11H2,(H,28,31). The van der Waals surface area contributed by atoms with E-state index in [4.69, 9.17) is 16.3 Å². The number of amides is 1. The third-order valence-electron chi connectivity index (χ3n) is 4.17. The van der Waals surface area contributed by atoms with Crippen molar-refractivity contribution in [3.63, 3.8) is 0 Å². The van der Waals surface area contributed by atoms with E-state index in [0.717, 1.165) is 16.8 Å². The molecule has 3 aromatic rings. The Morgan fingerprint density at radius 1 is 1.00 bits per heavy atom. The first-order valence-corrected chi connectivity index (χ1v) is 9.31. The van der Waals surface area contributed by atoms with Crippen molar-refractivity contribution in [3.05, 3.63) is 76.4 Å². The van der Waals surface area contributed by atoms with Gasteiger partial charge in [0.05, 0.1) is 16.3 Å². The van der Waals surface area contributed by atoms with E-state index >= 15 is 0 Å². The maximum Gasteiger partial charge on any atom is 0.435 e. The number of benzene rings is 2. The molecule has 1 amide bonds. The minimum atomic E-state index is -4.75. The summed E-state index contributed by atoms with van der Waals surface area (Å²) in [5.41, 5.74) is -1.56. The van der Waals surface area contributed by atoms with Gasteiger partial charge in [-0.3, -0.25) is 4.79 Å². The zero-order chi connectivity index (χ0) is 23.5. The molecule has 170 valence electrons. The van der Waals surface area contributed by atoms with E-state index in [-0.39, 0.29) is 23.1 Å². The van der Waals surface area contributed by atoms with Crippen LogP contribution in [0.5, 0.6) is 5.88 Å². The van der Waals surface area contributed by atoms with Crippen LogP contribution in [0.2, 0.25) is 5.02 Å². The number of nitrogens with zero attached hydrogens (tertiary/aromatic N) is 2. The number of aromatic nitrogens is 2. The van der Waals surface area contributed by atoms with Gasteiger partial charge in [0, 0.05) is 12.6 Å². The predicted octanol–water partition coefficient (Wildman–Crippen LogP) is 5.26. The van der Waals surface area contributed by atoms with Gasteiger partial charge in [0.15, 0.2) is 12.3 Å². The van der Waals surface area contributed by atoms with Gasteiger partial charge in [-0.25, -0.2) is 0 Å². The topological polar surface area (TPSA) is 56.1 Å². The molecule has 32 heavy (non-hydrogen) atoms. The second-order valence-electron chi connectivity index (χ2n) is 6.49. The molecule has 0 atom stereocenters. The monoisotopic (exact) mass is 477 g/mol. The number of hydrogen-bond acceptors (Lipinski definition) is 3. The highest BCUT2D eigenvalue weighted by atomic mass is 35.5. The van der Waals surface area contributed by atoms with Gasteiger partial charge < -0.3 is 10.1 Å². The third-order valence-corrected chi connectivity index (χ3v) is 4.49. The van der Waals surface area contributed by atoms with Crippen LogP contribution in [0.4, 0.5) is 26.3 Å². The highest BCUT2D eigenvalue weighted by Crippen LogP contribution is 2.33. The van der Waals surface area contributed by atoms with Crippen molar-refractivity contribution in [1.82, 2.24) is 15.1 Å². The Hall–Kier alpha value is -3.21. The van der Waals surface area contributed by atoms with Crippen molar-refractivity contribution < 1.29 is 35.9 Å². The summed E-state index contributed by atoms with van der Waals surface area (Å²) >= 11 is 6.03. The fourth-order valence-corrected chi connectivity index (χ4v) is 2.82. The molecule has 2 aromatic carbocycles. The van der Waals surface area contributed by atoms with Crippen molar-refractivity contribution in [3.8, 4) is 11.6 Å². The Morgan fingerprint density at radius 3 is 2.25 bits per heavy atom. The molecule has 0 aliphatic heterocycles. The van der Waals surface area contributed by atoms with Gasteiger partial charge in [-0.15, -0.1) is 0 Å². The van der Waals surface area contributed by atoms with Crippen molar-refractivity contribution in [1.29, 1.82) is 0 Å². The number of alkyl halides is 6. The molecule has 1 heterocycles. The number of halogens is 7. The van der Waals surface area contributed by atoms with Crippen LogP contribution >= 0.6 is 11.6 Å². The molecular formula is C20H14ClF6N3O2. The van der Waals surface area contributed by atoms with Gasteiger partial charge >= 0.3 is 12.4 Å². The van der Waals surface area contributed by atoms with E-state index < -0.39 is 36.1 Å². The first-order valence-electron chi connectivity index (χ1n) is 8.93. The number of carbonyl (C=O) groups excluding carboxylic acids is 1. The molecule has 0 fully saturated rings. The van der Waals surface area contributed by atoms with Gasteiger partial charge in [-0.1, -0.05) is 35.9 Å². The first-order chi connectivity index (χ1) is 14.9. The molecule has 5 nitrogen and oxygen atoms in total. The Labute approximate surface area is 182 Å². The summed E-state index contributed by atoms with van der Waals surface area (Å²) in [6.45, 7) is -0.758.